The topological polar surface area (TPSA) is 54.6 Å². The van der Waals surface area contributed by atoms with Crippen molar-refractivity contribution in [3.63, 3.8) is 0 Å². The lowest BCUT2D eigenvalue weighted by Crippen LogP contribution is -2.26. The Hall–Kier alpha value is -3.21. The predicted octanol–water partition coefficient (Wildman–Crippen LogP) is 3.69. The van der Waals surface area contributed by atoms with Gasteiger partial charge in [0.2, 0.25) is 12.5 Å². The molecule has 4 rings (SSSR count). The third-order valence-corrected chi connectivity index (χ3v) is 4.08. The molecule has 0 fully saturated rings. The van der Waals surface area contributed by atoms with Crippen LogP contribution in [0.25, 0.3) is 11.1 Å². The van der Waals surface area contributed by atoms with Gasteiger partial charge >= 0.3 is 0 Å². The molecule has 24 heavy (non-hydrogen) atoms. The summed E-state index contributed by atoms with van der Waals surface area (Å²) in [4.78, 5) is 17.3. The Kier molecular flexibility index (Phi) is 3.46. The Labute approximate surface area is 139 Å². The molecule has 5 heteroatoms. The minimum absolute atomic E-state index is 0.116. The number of fused-ring (bicyclic) bond motifs is 1. The second kappa shape index (κ2) is 5.77. The van der Waals surface area contributed by atoms with Crippen LogP contribution >= 0.6 is 0 Å². The van der Waals surface area contributed by atoms with Crippen molar-refractivity contribution in [1.29, 1.82) is 0 Å². The van der Waals surface area contributed by atoms with Crippen LogP contribution in [0.1, 0.15) is 10.4 Å². The lowest BCUT2D eigenvalue weighted by atomic mass is 10.0. The molecule has 0 atom stereocenters. The normalized spacial score (nSPS) is 12.2. The zero-order valence-electron chi connectivity index (χ0n) is 13.2. The summed E-state index contributed by atoms with van der Waals surface area (Å²) in [5.74, 6) is 1.69. The number of aromatic nitrogens is 1. The van der Waals surface area contributed by atoms with Crippen LogP contribution in [0.15, 0.2) is 60.8 Å². The Balaban J connectivity index is 1.58. The first-order chi connectivity index (χ1) is 11.7. The van der Waals surface area contributed by atoms with Crippen molar-refractivity contribution in [3.05, 3.63) is 66.4 Å². The van der Waals surface area contributed by atoms with Gasteiger partial charge in [0.05, 0.1) is 0 Å². The standard InChI is InChI=1S/C19H16N2O3/c1-21(18-17-16(11-20-18)23-12-24-17)19(22)15-9-7-14(8-10-15)13-5-3-2-4-6-13/h2-11,20H,12H2,1H3. The molecule has 1 aliphatic heterocycles. The zero-order chi connectivity index (χ0) is 16.5. The molecular formula is C19H16N2O3. The Bertz CT molecular complexity index is 869. The summed E-state index contributed by atoms with van der Waals surface area (Å²) in [7, 11) is 1.71. The molecule has 0 saturated carbocycles. The monoisotopic (exact) mass is 320 g/mol. The van der Waals surface area contributed by atoms with E-state index in [9.17, 15) is 4.79 Å². The molecule has 0 saturated heterocycles. The smallest absolute Gasteiger partial charge is 0.259 e. The average Bonchev–Trinajstić information content (AvgIpc) is 3.25. The SMILES string of the molecule is CN(C(=O)c1ccc(-c2ccccc2)cc1)c1[nH]cc2c1OCO2. The van der Waals surface area contributed by atoms with E-state index < -0.39 is 0 Å². The summed E-state index contributed by atoms with van der Waals surface area (Å²) in [5.41, 5.74) is 2.81. The van der Waals surface area contributed by atoms with Gasteiger partial charge in [-0.2, -0.15) is 0 Å². The van der Waals surface area contributed by atoms with E-state index in [0.717, 1.165) is 11.1 Å². The van der Waals surface area contributed by atoms with E-state index in [-0.39, 0.29) is 12.7 Å². The van der Waals surface area contributed by atoms with E-state index >= 15 is 0 Å². The van der Waals surface area contributed by atoms with Gasteiger partial charge in [0.25, 0.3) is 5.91 Å². The summed E-state index contributed by atoms with van der Waals surface area (Å²) in [6.07, 6.45) is 1.69. The van der Waals surface area contributed by atoms with Gasteiger partial charge in [-0.05, 0) is 23.3 Å². The van der Waals surface area contributed by atoms with E-state index in [4.69, 9.17) is 9.47 Å². The Morgan fingerprint density at radius 3 is 2.46 bits per heavy atom. The van der Waals surface area contributed by atoms with E-state index in [1.165, 1.54) is 4.90 Å². The quantitative estimate of drug-likeness (QED) is 0.801. The van der Waals surface area contributed by atoms with Crippen LogP contribution in [0.2, 0.25) is 0 Å². The fraction of sp³-hybridized carbons (Fsp3) is 0.105. The number of amides is 1. The zero-order valence-corrected chi connectivity index (χ0v) is 13.2. The Morgan fingerprint density at radius 2 is 1.71 bits per heavy atom. The fourth-order valence-corrected chi connectivity index (χ4v) is 2.76. The molecule has 5 nitrogen and oxygen atoms in total. The molecule has 1 aromatic heterocycles. The second-order valence-corrected chi connectivity index (χ2v) is 5.54. The number of aromatic amines is 1. The summed E-state index contributed by atoms with van der Waals surface area (Å²) >= 11 is 0. The van der Waals surface area contributed by atoms with Gasteiger partial charge in [-0.25, -0.2) is 0 Å². The molecule has 1 amide bonds. The maximum Gasteiger partial charge on any atom is 0.259 e. The highest BCUT2D eigenvalue weighted by Gasteiger charge is 2.25. The third kappa shape index (κ3) is 2.40. The largest absolute Gasteiger partial charge is 0.452 e. The van der Waals surface area contributed by atoms with Gasteiger partial charge in [0.1, 0.15) is 0 Å². The molecule has 3 aromatic rings. The second-order valence-electron chi connectivity index (χ2n) is 5.54. The highest BCUT2D eigenvalue weighted by Crippen LogP contribution is 2.40. The van der Waals surface area contributed by atoms with Crippen molar-refractivity contribution in [2.75, 3.05) is 18.7 Å². The molecule has 0 bridgehead atoms. The van der Waals surface area contributed by atoms with Gasteiger partial charge in [0, 0.05) is 18.8 Å². The summed E-state index contributed by atoms with van der Waals surface area (Å²) in [6, 6.07) is 17.6. The summed E-state index contributed by atoms with van der Waals surface area (Å²) < 4.78 is 10.7. The predicted molar refractivity (Wildman–Crippen MR) is 91.5 cm³/mol. The molecule has 0 spiro atoms. The van der Waals surface area contributed by atoms with Crippen LogP contribution in [-0.2, 0) is 0 Å². The number of nitrogens with zero attached hydrogens (tertiary/aromatic N) is 1. The number of rotatable bonds is 3. The van der Waals surface area contributed by atoms with Gasteiger partial charge in [-0.3, -0.25) is 9.69 Å². The number of carbonyl (C=O) groups excluding carboxylic acids is 1. The van der Waals surface area contributed by atoms with Crippen molar-refractivity contribution < 1.29 is 14.3 Å². The van der Waals surface area contributed by atoms with E-state index in [2.05, 4.69) is 4.98 Å². The van der Waals surface area contributed by atoms with Crippen molar-refractivity contribution in [3.8, 4) is 22.6 Å². The van der Waals surface area contributed by atoms with E-state index in [1.807, 2.05) is 54.6 Å². The highest BCUT2D eigenvalue weighted by atomic mass is 16.7. The van der Waals surface area contributed by atoms with Crippen molar-refractivity contribution in [2.24, 2.45) is 0 Å². The van der Waals surface area contributed by atoms with Crippen LogP contribution in [0.5, 0.6) is 11.5 Å². The molecule has 1 aliphatic rings. The minimum Gasteiger partial charge on any atom is -0.452 e. The number of hydrogen-bond donors (Lipinski definition) is 1. The molecule has 2 aromatic carbocycles. The lowest BCUT2D eigenvalue weighted by molar-refractivity contribution is 0.0991. The first-order valence-electron chi connectivity index (χ1n) is 7.64. The van der Waals surface area contributed by atoms with Crippen LogP contribution < -0.4 is 14.4 Å². The molecule has 0 radical (unpaired) electrons. The van der Waals surface area contributed by atoms with Crippen LogP contribution in [0, 0.1) is 0 Å². The molecule has 1 N–H and O–H groups in total. The summed E-state index contributed by atoms with van der Waals surface area (Å²) in [5, 5.41) is 0. The first-order valence-corrected chi connectivity index (χ1v) is 7.64. The van der Waals surface area contributed by atoms with E-state index in [1.54, 1.807) is 13.2 Å². The number of carbonyl (C=O) groups is 1. The number of benzene rings is 2. The molecule has 0 unspecified atom stereocenters. The lowest BCUT2D eigenvalue weighted by Gasteiger charge is -2.16. The van der Waals surface area contributed by atoms with Crippen LogP contribution in [-0.4, -0.2) is 24.7 Å². The average molecular weight is 320 g/mol. The number of H-pyrrole nitrogens is 1. The number of nitrogens with one attached hydrogen (secondary N) is 1. The van der Waals surface area contributed by atoms with Gasteiger partial charge in [-0.15, -0.1) is 0 Å². The molecule has 2 heterocycles. The third-order valence-electron chi connectivity index (χ3n) is 4.08. The van der Waals surface area contributed by atoms with Crippen molar-refractivity contribution >= 4 is 11.7 Å². The van der Waals surface area contributed by atoms with Gasteiger partial charge in [-0.1, -0.05) is 42.5 Å². The van der Waals surface area contributed by atoms with E-state index in [0.29, 0.717) is 22.9 Å². The van der Waals surface area contributed by atoms with Crippen LogP contribution in [0.3, 0.4) is 0 Å². The minimum atomic E-state index is -0.116. The van der Waals surface area contributed by atoms with Crippen molar-refractivity contribution in [2.45, 2.75) is 0 Å². The molecule has 120 valence electrons. The maximum absolute atomic E-state index is 12.7. The summed E-state index contributed by atoms with van der Waals surface area (Å²) in [6.45, 7) is 0.181. The van der Waals surface area contributed by atoms with Crippen LogP contribution in [0.4, 0.5) is 5.82 Å². The number of hydrogen-bond acceptors (Lipinski definition) is 3. The molecule has 0 aliphatic carbocycles. The van der Waals surface area contributed by atoms with Crippen molar-refractivity contribution in [1.82, 2.24) is 4.98 Å². The van der Waals surface area contributed by atoms with Gasteiger partial charge in [0.15, 0.2) is 11.6 Å². The number of ether oxygens (including phenoxy) is 2. The van der Waals surface area contributed by atoms with Gasteiger partial charge < -0.3 is 14.5 Å². The highest BCUT2D eigenvalue weighted by molar-refractivity contribution is 6.06. The maximum atomic E-state index is 12.7. The first kappa shape index (κ1) is 14.4. The Morgan fingerprint density at radius 1 is 1.00 bits per heavy atom. The molecular weight excluding hydrogens is 304 g/mol. The fourth-order valence-electron chi connectivity index (χ4n) is 2.76. The number of anilines is 1.